The zero-order chi connectivity index (χ0) is 21.3. The van der Waals surface area contributed by atoms with Crippen LogP contribution in [0.3, 0.4) is 0 Å². The first kappa shape index (κ1) is 20.1. The molecule has 152 valence electrons. The monoisotopic (exact) mass is 444 g/mol. The van der Waals surface area contributed by atoms with Crippen molar-refractivity contribution in [3.8, 4) is 11.5 Å². The van der Waals surface area contributed by atoms with Crippen molar-refractivity contribution in [1.29, 1.82) is 0 Å². The lowest BCUT2D eigenvalue weighted by molar-refractivity contribution is 0.0925. The number of nitrogens with two attached hydrogens (primary N) is 1. The van der Waals surface area contributed by atoms with Gasteiger partial charge in [-0.1, -0.05) is 47.5 Å². The number of carbonyl (C=O) groups is 1. The van der Waals surface area contributed by atoms with E-state index in [4.69, 9.17) is 38.1 Å². The number of ether oxygens (including phenoxy) is 1. The second kappa shape index (κ2) is 8.26. The molecule has 1 aromatic heterocycles. The van der Waals surface area contributed by atoms with Crippen LogP contribution in [0.15, 0.2) is 65.1 Å². The molecule has 5 nitrogen and oxygen atoms in total. The summed E-state index contributed by atoms with van der Waals surface area (Å²) in [5.74, 6) is -0.980. The Kier molecular flexibility index (Phi) is 5.53. The third kappa shape index (κ3) is 4.20. The van der Waals surface area contributed by atoms with Gasteiger partial charge in [0, 0.05) is 34.3 Å². The van der Waals surface area contributed by atoms with Gasteiger partial charge in [0.2, 0.25) is 0 Å². The molecule has 0 bridgehead atoms. The third-order valence-electron chi connectivity index (χ3n) is 4.33. The van der Waals surface area contributed by atoms with Crippen molar-refractivity contribution in [2.45, 2.75) is 6.54 Å². The molecule has 0 aliphatic heterocycles. The number of nitrogens with one attached hydrogen (secondary N) is 1. The van der Waals surface area contributed by atoms with Crippen LogP contribution in [-0.4, -0.2) is 5.91 Å². The lowest BCUT2D eigenvalue weighted by Crippen LogP contribution is -2.22. The molecule has 0 aliphatic rings. The molecule has 3 aromatic carbocycles. The number of anilines is 1. The molecule has 0 atom stereocenters. The predicted molar refractivity (Wildman–Crippen MR) is 115 cm³/mol. The highest BCUT2D eigenvalue weighted by Crippen LogP contribution is 2.35. The van der Waals surface area contributed by atoms with Crippen LogP contribution in [-0.2, 0) is 6.54 Å². The summed E-state index contributed by atoms with van der Waals surface area (Å²) in [6.45, 7) is -0.0904. The van der Waals surface area contributed by atoms with Crippen molar-refractivity contribution < 1.29 is 18.3 Å². The molecule has 0 aliphatic carbocycles. The van der Waals surface area contributed by atoms with E-state index < -0.39 is 11.7 Å². The van der Waals surface area contributed by atoms with Gasteiger partial charge in [-0.25, -0.2) is 4.39 Å². The standard InChI is InChI=1S/C22H15Cl2FN2O3/c23-14-8-15(26)10-16(9-14)29-21-17(24)6-5-13(20(21)25)11-27-22(28)19-7-12-3-1-2-4-18(12)30-19/h1-10H,11,26H2,(H,27,28). The molecule has 30 heavy (non-hydrogen) atoms. The van der Waals surface area contributed by atoms with Crippen LogP contribution >= 0.6 is 23.2 Å². The maximum Gasteiger partial charge on any atom is 0.287 e. The summed E-state index contributed by atoms with van der Waals surface area (Å²) >= 11 is 12.1. The van der Waals surface area contributed by atoms with E-state index in [0.717, 1.165) is 5.39 Å². The van der Waals surface area contributed by atoms with E-state index >= 15 is 0 Å². The molecule has 0 fully saturated rings. The lowest BCUT2D eigenvalue weighted by atomic mass is 10.2. The summed E-state index contributed by atoms with van der Waals surface area (Å²) in [6, 6.07) is 16.4. The van der Waals surface area contributed by atoms with Gasteiger partial charge in [0.25, 0.3) is 5.91 Å². The van der Waals surface area contributed by atoms with Crippen LogP contribution in [0.5, 0.6) is 11.5 Å². The van der Waals surface area contributed by atoms with Gasteiger partial charge >= 0.3 is 0 Å². The summed E-state index contributed by atoms with van der Waals surface area (Å²) in [5.41, 5.74) is 6.88. The Morgan fingerprint density at radius 2 is 1.90 bits per heavy atom. The van der Waals surface area contributed by atoms with Gasteiger partial charge in [-0.05, 0) is 30.3 Å². The van der Waals surface area contributed by atoms with Crippen LogP contribution in [0.1, 0.15) is 16.1 Å². The van der Waals surface area contributed by atoms with E-state index in [2.05, 4.69) is 5.32 Å². The van der Waals surface area contributed by atoms with Crippen molar-refractivity contribution in [3.63, 3.8) is 0 Å². The Balaban J connectivity index is 1.53. The van der Waals surface area contributed by atoms with Crippen molar-refractivity contribution in [1.82, 2.24) is 5.32 Å². The Hall–Kier alpha value is -3.22. The number of hydrogen-bond acceptors (Lipinski definition) is 4. The van der Waals surface area contributed by atoms with Gasteiger partial charge in [-0.15, -0.1) is 0 Å². The average Bonchev–Trinajstić information content (AvgIpc) is 3.14. The fourth-order valence-electron chi connectivity index (χ4n) is 2.92. The molecule has 0 saturated heterocycles. The Morgan fingerprint density at radius 3 is 2.67 bits per heavy atom. The number of furan rings is 1. The van der Waals surface area contributed by atoms with Crippen molar-refractivity contribution in [3.05, 3.63) is 87.8 Å². The molecular formula is C22H15Cl2FN2O3. The van der Waals surface area contributed by atoms with E-state index in [-0.39, 0.29) is 34.4 Å². The Labute approximate surface area is 181 Å². The minimum absolute atomic E-state index is 0.0680. The van der Waals surface area contributed by atoms with Gasteiger partial charge in [-0.3, -0.25) is 4.79 Å². The number of para-hydroxylation sites is 1. The number of amides is 1. The van der Waals surface area contributed by atoms with Crippen LogP contribution in [0.4, 0.5) is 10.1 Å². The van der Waals surface area contributed by atoms with E-state index in [1.54, 1.807) is 12.1 Å². The topological polar surface area (TPSA) is 77.5 Å². The van der Waals surface area contributed by atoms with Gasteiger partial charge in [0.1, 0.15) is 11.3 Å². The fraction of sp³-hybridized carbons (Fsp3) is 0.0455. The summed E-state index contributed by atoms with van der Waals surface area (Å²) in [7, 11) is 0. The zero-order valence-electron chi connectivity index (χ0n) is 15.4. The van der Waals surface area contributed by atoms with Gasteiger partial charge < -0.3 is 20.2 Å². The molecule has 0 spiro atoms. The second-order valence-corrected chi connectivity index (χ2v) is 7.35. The first-order chi connectivity index (χ1) is 14.4. The lowest BCUT2D eigenvalue weighted by Gasteiger charge is -2.13. The van der Waals surface area contributed by atoms with E-state index in [0.29, 0.717) is 16.3 Å². The maximum atomic E-state index is 15.0. The Morgan fingerprint density at radius 1 is 1.10 bits per heavy atom. The SMILES string of the molecule is Nc1cc(Cl)cc(Oc2c(Cl)ccc(CNC(=O)c3cc4ccccc4o3)c2F)c1. The summed E-state index contributed by atoms with van der Waals surface area (Å²) < 4.78 is 26.1. The predicted octanol–water partition coefficient (Wildman–Crippen LogP) is 6.18. The average molecular weight is 445 g/mol. The van der Waals surface area contributed by atoms with Gasteiger partial charge in [-0.2, -0.15) is 0 Å². The molecule has 4 rings (SSSR count). The highest BCUT2D eigenvalue weighted by Gasteiger charge is 2.17. The van der Waals surface area contributed by atoms with E-state index in [9.17, 15) is 9.18 Å². The third-order valence-corrected chi connectivity index (χ3v) is 4.85. The van der Waals surface area contributed by atoms with Crippen LogP contribution in [0, 0.1) is 5.82 Å². The van der Waals surface area contributed by atoms with E-state index in [1.165, 1.54) is 30.3 Å². The summed E-state index contributed by atoms with van der Waals surface area (Å²) in [5, 5.41) is 3.85. The number of carbonyl (C=O) groups excluding carboxylic acids is 1. The number of halogens is 3. The van der Waals surface area contributed by atoms with Crippen LogP contribution in [0.25, 0.3) is 11.0 Å². The number of hydrogen-bond donors (Lipinski definition) is 2. The van der Waals surface area contributed by atoms with Gasteiger partial charge in [0.05, 0.1) is 5.02 Å². The second-order valence-electron chi connectivity index (χ2n) is 6.50. The van der Waals surface area contributed by atoms with Crippen molar-refractivity contribution in [2.24, 2.45) is 0 Å². The number of fused-ring (bicyclic) bond motifs is 1. The molecule has 8 heteroatoms. The molecule has 3 N–H and O–H groups in total. The summed E-state index contributed by atoms with van der Waals surface area (Å²) in [6.07, 6.45) is 0. The van der Waals surface area contributed by atoms with E-state index in [1.807, 2.05) is 18.2 Å². The smallest absolute Gasteiger partial charge is 0.287 e. The number of nitrogen functional groups attached to an aromatic ring is 1. The van der Waals surface area contributed by atoms with Crippen molar-refractivity contribution in [2.75, 3.05) is 5.73 Å². The minimum Gasteiger partial charge on any atom is -0.453 e. The summed E-state index contributed by atoms with van der Waals surface area (Å²) in [4.78, 5) is 12.4. The van der Waals surface area contributed by atoms with Crippen LogP contribution in [0.2, 0.25) is 10.0 Å². The minimum atomic E-state index is -0.703. The highest BCUT2D eigenvalue weighted by molar-refractivity contribution is 6.32. The Bertz CT molecular complexity index is 1200. The quantitative estimate of drug-likeness (QED) is 0.360. The highest BCUT2D eigenvalue weighted by atomic mass is 35.5. The fourth-order valence-corrected chi connectivity index (χ4v) is 3.34. The molecule has 1 amide bonds. The number of rotatable bonds is 5. The zero-order valence-corrected chi connectivity index (χ0v) is 16.9. The molecule has 1 heterocycles. The normalized spacial score (nSPS) is 10.9. The molecule has 4 aromatic rings. The van der Waals surface area contributed by atoms with Crippen molar-refractivity contribution >= 4 is 45.8 Å². The molecule has 0 radical (unpaired) electrons. The maximum absolute atomic E-state index is 15.0. The molecule has 0 unspecified atom stereocenters. The molecule has 0 saturated carbocycles. The molecular weight excluding hydrogens is 430 g/mol. The van der Waals surface area contributed by atoms with Crippen LogP contribution < -0.4 is 15.8 Å². The van der Waals surface area contributed by atoms with Gasteiger partial charge in [0.15, 0.2) is 17.3 Å². The largest absolute Gasteiger partial charge is 0.453 e. The number of benzene rings is 3. The first-order valence-corrected chi connectivity index (χ1v) is 9.64. The first-order valence-electron chi connectivity index (χ1n) is 8.88.